The number of amides is 1. The summed E-state index contributed by atoms with van der Waals surface area (Å²) in [6.45, 7) is 0.107. The first kappa shape index (κ1) is 15.2. The molecule has 0 atom stereocenters. The van der Waals surface area contributed by atoms with E-state index in [0.717, 1.165) is 34.3 Å². The Balaban J connectivity index is 1.27. The molecule has 6 rings (SSSR count). The van der Waals surface area contributed by atoms with E-state index in [0.29, 0.717) is 0 Å². The predicted octanol–water partition coefficient (Wildman–Crippen LogP) is 4.30. The molecule has 0 unspecified atom stereocenters. The van der Waals surface area contributed by atoms with Crippen LogP contribution in [0.15, 0.2) is 42.5 Å². The highest BCUT2D eigenvalue weighted by Crippen LogP contribution is 2.55. The summed E-state index contributed by atoms with van der Waals surface area (Å²) in [5.74, 6) is 3.34. The van der Waals surface area contributed by atoms with E-state index < -0.39 is 0 Å². The van der Waals surface area contributed by atoms with E-state index in [-0.39, 0.29) is 18.1 Å². The van der Waals surface area contributed by atoms with E-state index in [1.54, 1.807) is 0 Å². The second-order valence-corrected chi connectivity index (χ2v) is 8.51. The summed E-state index contributed by atoms with van der Waals surface area (Å²) in [7, 11) is 0. The van der Waals surface area contributed by atoms with Gasteiger partial charge in [-0.1, -0.05) is 36.4 Å². The Bertz CT molecular complexity index is 772. The molecule has 0 aromatic heterocycles. The molecular weight excluding hydrogens is 310 g/mol. The highest BCUT2D eigenvalue weighted by Gasteiger charge is 2.51. The maximum Gasteiger partial charge on any atom is 0.258 e. The summed E-state index contributed by atoms with van der Waals surface area (Å²) in [5, 5.41) is 5.58. The van der Waals surface area contributed by atoms with Gasteiger partial charge in [0.25, 0.3) is 5.91 Å². The van der Waals surface area contributed by atoms with Gasteiger partial charge in [-0.2, -0.15) is 0 Å². The highest BCUT2D eigenvalue weighted by molar-refractivity contribution is 5.88. The first-order valence-corrected chi connectivity index (χ1v) is 9.61. The fraction of sp³-hybridized carbons (Fsp3) is 0.500. The topological polar surface area (TPSA) is 38.3 Å². The number of carbonyl (C=O) groups is 1. The molecule has 0 aliphatic heterocycles. The van der Waals surface area contributed by atoms with Gasteiger partial charge in [0.05, 0.1) is 0 Å². The summed E-state index contributed by atoms with van der Waals surface area (Å²) in [4.78, 5) is 12.6. The maximum atomic E-state index is 12.6. The van der Waals surface area contributed by atoms with Crippen LogP contribution in [0.2, 0.25) is 0 Å². The Kier molecular flexibility index (Phi) is 3.51. The van der Waals surface area contributed by atoms with Gasteiger partial charge in [-0.3, -0.25) is 4.79 Å². The molecule has 4 fully saturated rings. The number of nitrogens with one attached hydrogen (secondary N) is 1. The molecule has 2 aromatic rings. The van der Waals surface area contributed by atoms with Gasteiger partial charge in [0, 0.05) is 10.9 Å². The lowest BCUT2D eigenvalue weighted by molar-refractivity contribution is -0.128. The Labute approximate surface area is 148 Å². The van der Waals surface area contributed by atoms with Gasteiger partial charge in [-0.25, -0.2) is 0 Å². The summed E-state index contributed by atoms with van der Waals surface area (Å²) in [5.41, 5.74) is 0.0634. The Morgan fingerprint density at radius 2 is 1.60 bits per heavy atom. The van der Waals surface area contributed by atoms with Gasteiger partial charge in [-0.05, 0) is 67.7 Å². The second-order valence-electron chi connectivity index (χ2n) is 8.51. The van der Waals surface area contributed by atoms with Crippen LogP contribution < -0.4 is 10.1 Å². The van der Waals surface area contributed by atoms with Crippen LogP contribution in [0.1, 0.15) is 38.5 Å². The van der Waals surface area contributed by atoms with Crippen LogP contribution in [0.25, 0.3) is 10.8 Å². The second kappa shape index (κ2) is 5.76. The molecule has 4 bridgehead atoms. The molecule has 0 saturated heterocycles. The lowest BCUT2D eigenvalue weighted by Gasteiger charge is -2.56. The van der Waals surface area contributed by atoms with E-state index in [1.165, 1.54) is 38.5 Å². The summed E-state index contributed by atoms with van der Waals surface area (Å²) in [6.07, 6.45) is 7.71. The normalized spacial score (nSPS) is 32.7. The van der Waals surface area contributed by atoms with Gasteiger partial charge in [0.1, 0.15) is 5.75 Å². The first-order valence-electron chi connectivity index (χ1n) is 9.61. The van der Waals surface area contributed by atoms with Crippen LogP contribution in [-0.4, -0.2) is 18.1 Å². The van der Waals surface area contributed by atoms with Gasteiger partial charge < -0.3 is 10.1 Å². The van der Waals surface area contributed by atoms with Crippen molar-refractivity contribution in [3.05, 3.63) is 42.5 Å². The SMILES string of the molecule is O=C(COc1cccc2ccccc12)NC12CC3CC(CC(C3)C1)C2. The van der Waals surface area contributed by atoms with Crippen molar-refractivity contribution in [2.75, 3.05) is 6.61 Å². The fourth-order valence-electron chi connectivity index (χ4n) is 6.06. The molecule has 4 aliphatic rings. The van der Waals surface area contributed by atoms with Crippen LogP contribution in [0.5, 0.6) is 5.75 Å². The van der Waals surface area contributed by atoms with Crippen molar-refractivity contribution < 1.29 is 9.53 Å². The lowest BCUT2D eigenvalue weighted by Crippen LogP contribution is -2.60. The minimum atomic E-state index is 0.0369. The van der Waals surface area contributed by atoms with Gasteiger partial charge in [0.2, 0.25) is 0 Å². The minimum absolute atomic E-state index is 0.0369. The standard InChI is InChI=1S/C22H25NO2/c24-21(14-25-20-7-3-5-18-4-1-2-6-19(18)20)23-22-11-15-8-16(12-22)10-17(9-15)13-22/h1-7,15-17H,8-14H2,(H,23,24). The van der Waals surface area contributed by atoms with Crippen LogP contribution in [0, 0.1) is 17.8 Å². The molecule has 25 heavy (non-hydrogen) atoms. The number of rotatable bonds is 4. The fourth-order valence-corrected chi connectivity index (χ4v) is 6.06. The summed E-state index contributed by atoms with van der Waals surface area (Å²) < 4.78 is 5.88. The van der Waals surface area contributed by atoms with Crippen molar-refractivity contribution in [2.45, 2.75) is 44.1 Å². The van der Waals surface area contributed by atoms with E-state index in [9.17, 15) is 4.79 Å². The lowest BCUT2D eigenvalue weighted by atomic mass is 9.53. The third-order valence-corrected chi connectivity index (χ3v) is 6.55. The molecule has 2 aromatic carbocycles. The molecule has 0 spiro atoms. The first-order chi connectivity index (χ1) is 12.2. The molecule has 0 radical (unpaired) electrons. The molecule has 1 amide bonds. The molecule has 3 nitrogen and oxygen atoms in total. The van der Waals surface area contributed by atoms with Crippen LogP contribution in [-0.2, 0) is 4.79 Å². The summed E-state index contributed by atoms with van der Waals surface area (Å²) >= 11 is 0. The zero-order valence-electron chi connectivity index (χ0n) is 14.5. The zero-order chi connectivity index (χ0) is 16.9. The van der Waals surface area contributed by atoms with Crippen LogP contribution in [0.3, 0.4) is 0 Å². The van der Waals surface area contributed by atoms with Crippen molar-refractivity contribution in [2.24, 2.45) is 17.8 Å². The molecule has 3 heteroatoms. The van der Waals surface area contributed by atoms with Gasteiger partial charge >= 0.3 is 0 Å². The van der Waals surface area contributed by atoms with E-state index in [4.69, 9.17) is 4.74 Å². The van der Waals surface area contributed by atoms with Crippen molar-refractivity contribution in [3.8, 4) is 5.75 Å². The number of carbonyl (C=O) groups excluding carboxylic acids is 1. The molecular formula is C22H25NO2. The zero-order valence-corrected chi connectivity index (χ0v) is 14.5. The van der Waals surface area contributed by atoms with Crippen molar-refractivity contribution >= 4 is 16.7 Å². The Morgan fingerprint density at radius 1 is 0.960 bits per heavy atom. The number of ether oxygens (including phenoxy) is 1. The highest BCUT2D eigenvalue weighted by atomic mass is 16.5. The summed E-state index contributed by atoms with van der Waals surface area (Å²) in [6, 6.07) is 14.1. The molecule has 4 saturated carbocycles. The smallest absolute Gasteiger partial charge is 0.258 e. The van der Waals surface area contributed by atoms with Gasteiger partial charge in [-0.15, -0.1) is 0 Å². The van der Waals surface area contributed by atoms with E-state index in [2.05, 4.69) is 17.4 Å². The van der Waals surface area contributed by atoms with Crippen molar-refractivity contribution in [1.29, 1.82) is 0 Å². The number of fused-ring (bicyclic) bond motifs is 1. The average molecular weight is 335 g/mol. The minimum Gasteiger partial charge on any atom is -0.483 e. The number of hydrogen-bond donors (Lipinski definition) is 1. The van der Waals surface area contributed by atoms with E-state index >= 15 is 0 Å². The monoisotopic (exact) mass is 335 g/mol. The predicted molar refractivity (Wildman–Crippen MR) is 98.5 cm³/mol. The maximum absolute atomic E-state index is 12.6. The third-order valence-electron chi connectivity index (χ3n) is 6.55. The van der Waals surface area contributed by atoms with Gasteiger partial charge in [0.15, 0.2) is 6.61 Å². The third kappa shape index (κ3) is 2.80. The molecule has 130 valence electrons. The van der Waals surface area contributed by atoms with Crippen LogP contribution in [0.4, 0.5) is 0 Å². The molecule has 4 aliphatic carbocycles. The number of hydrogen-bond acceptors (Lipinski definition) is 2. The molecule has 0 heterocycles. The quantitative estimate of drug-likeness (QED) is 0.904. The molecule has 1 N–H and O–H groups in total. The number of benzene rings is 2. The average Bonchev–Trinajstić information content (AvgIpc) is 2.58. The largest absolute Gasteiger partial charge is 0.483 e. The Morgan fingerprint density at radius 3 is 2.32 bits per heavy atom. The van der Waals surface area contributed by atoms with Crippen molar-refractivity contribution in [1.82, 2.24) is 5.32 Å². The van der Waals surface area contributed by atoms with E-state index in [1.807, 2.05) is 30.3 Å². The van der Waals surface area contributed by atoms with Crippen molar-refractivity contribution in [3.63, 3.8) is 0 Å². The van der Waals surface area contributed by atoms with Crippen LogP contribution >= 0.6 is 0 Å². The Hall–Kier alpha value is -2.03.